The van der Waals surface area contributed by atoms with Crippen LogP contribution in [0, 0.1) is 4.91 Å². The summed E-state index contributed by atoms with van der Waals surface area (Å²) in [5, 5.41) is 1.13. The minimum atomic E-state index is -0.327. The van der Waals surface area contributed by atoms with Crippen molar-refractivity contribution in [3.63, 3.8) is 0 Å². The average Bonchev–Trinajstić information content (AvgIpc) is 2.76. The van der Waals surface area contributed by atoms with Gasteiger partial charge in [0.05, 0.1) is 9.81 Å². The molecule has 2 aromatic heterocycles. The molecule has 0 saturated heterocycles. The number of fused-ring (bicyclic) bond motifs is 2. The molecule has 18 heavy (non-hydrogen) atoms. The molecule has 5 nitrogen and oxygen atoms in total. The zero-order valence-electron chi connectivity index (χ0n) is 9.28. The highest BCUT2D eigenvalue weighted by atomic mass is 16.3. The maximum Gasteiger partial charge on any atom is 0.289 e. The maximum absolute atomic E-state index is 11.9. The standard InChI is InChI=1S/C13H8N3O2/c17-13-10-7-12-11(6-9(10)8-15-13)14-4-2-1-3-5-16(12)18/h1-8H/q+1. The molecule has 86 valence electrons. The first-order valence-corrected chi connectivity index (χ1v) is 5.36. The van der Waals surface area contributed by atoms with Gasteiger partial charge in [-0.05, 0) is 12.1 Å². The first-order valence-electron chi connectivity index (χ1n) is 5.36. The molecule has 0 saturated carbocycles. The molecule has 3 aromatic rings. The topological polar surface area (TPSA) is 65.8 Å². The van der Waals surface area contributed by atoms with E-state index in [0.717, 1.165) is 0 Å². The van der Waals surface area contributed by atoms with Gasteiger partial charge in [-0.3, -0.25) is 4.79 Å². The first-order chi connectivity index (χ1) is 8.75. The smallest absolute Gasteiger partial charge is 0.267 e. The highest BCUT2D eigenvalue weighted by Crippen LogP contribution is 2.14. The Morgan fingerprint density at radius 1 is 1.06 bits per heavy atom. The fourth-order valence-corrected chi connectivity index (χ4v) is 1.81. The Morgan fingerprint density at radius 3 is 2.83 bits per heavy atom. The van der Waals surface area contributed by atoms with E-state index >= 15 is 0 Å². The monoisotopic (exact) mass is 238 g/mol. The molecule has 0 aliphatic heterocycles. The van der Waals surface area contributed by atoms with Crippen molar-refractivity contribution in [1.82, 2.24) is 9.97 Å². The molecule has 0 unspecified atom stereocenters. The molecule has 0 fully saturated rings. The summed E-state index contributed by atoms with van der Waals surface area (Å²) in [5.41, 5.74) is 0.525. The molecular weight excluding hydrogens is 230 g/mol. The fourth-order valence-electron chi connectivity index (χ4n) is 1.81. The van der Waals surface area contributed by atoms with Gasteiger partial charge >= 0.3 is 0 Å². The van der Waals surface area contributed by atoms with Gasteiger partial charge in [0.15, 0.2) is 0 Å². The zero-order valence-corrected chi connectivity index (χ0v) is 9.28. The number of aromatic nitrogens is 3. The molecule has 0 atom stereocenters. The maximum atomic E-state index is 11.9. The van der Waals surface area contributed by atoms with Gasteiger partial charge in [0.1, 0.15) is 5.52 Å². The van der Waals surface area contributed by atoms with Crippen LogP contribution >= 0.6 is 0 Å². The number of rotatable bonds is 0. The molecule has 3 rings (SSSR count). The Hall–Kier alpha value is -2.69. The molecule has 2 heterocycles. The van der Waals surface area contributed by atoms with Crippen LogP contribution < -0.4 is 9.99 Å². The predicted molar refractivity (Wildman–Crippen MR) is 66.7 cm³/mol. The summed E-state index contributed by atoms with van der Waals surface area (Å²) < 4.78 is 0.689. The van der Waals surface area contributed by atoms with Gasteiger partial charge in [-0.15, -0.1) is 0 Å². The lowest BCUT2D eigenvalue weighted by Gasteiger charge is -1.86. The van der Waals surface area contributed by atoms with Crippen LogP contribution in [0.25, 0.3) is 21.8 Å². The Balaban J connectivity index is 2.62. The molecule has 0 aliphatic rings. The second-order valence-electron chi connectivity index (χ2n) is 3.82. The number of nitrogens with zero attached hydrogens (tertiary/aromatic N) is 3. The third kappa shape index (κ3) is 1.62. The van der Waals surface area contributed by atoms with Crippen LogP contribution in [0.15, 0.2) is 53.7 Å². The predicted octanol–water partition coefficient (Wildman–Crippen LogP) is 1.06. The molecule has 0 amide bonds. The van der Waals surface area contributed by atoms with Crippen LogP contribution in [0.4, 0.5) is 0 Å². The average molecular weight is 238 g/mol. The fraction of sp³-hybridized carbons (Fsp3) is 0. The van der Waals surface area contributed by atoms with Gasteiger partial charge < -0.3 is 0 Å². The van der Waals surface area contributed by atoms with E-state index in [1.165, 1.54) is 18.5 Å². The van der Waals surface area contributed by atoms with E-state index in [1.807, 2.05) is 0 Å². The van der Waals surface area contributed by atoms with E-state index in [1.54, 1.807) is 30.5 Å². The molecule has 0 aliphatic carbocycles. The highest BCUT2D eigenvalue weighted by Gasteiger charge is 2.09. The highest BCUT2D eigenvalue weighted by molar-refractivity contribution is 5.93. The van der Waals surface area contributed by atoms with Gasteiger partial charge in [-0.2, -0.15) is 0 Å². The third-order valence-electron chi connectivity index (χ3n) is 2.68. The lowest BCUT2D eigenvalue weighted by Crippen LogP contribution is -2.12. The van der Waals surface area contributed by atoms with E-state index in [0.29, 0.717) is 26.2 Å². The molecule has 0 N–H and O–H groups in total. The van der Waals surface area contributed by atoms with Crippen LogP contribution in [0.1, 0.15) is 0 Å². The summed E-state index contributed by atoms with van der Waals surface area (Å²) in [5.74, 6) is 0. The van der Waals surface area contributed by atoms with Crippen molar-refractivity contribution in [2.45, 2.75) is 0 Å². The van der Waals surface area contributed by atoms with Crippen LogP contribution in [-0.4, -0.2) is 9.97 Å². The number of hydrogen-bond acceptors (Lipinski definition) is 4. The van der Waals surface area contributed by atoms with Crippen molar-refractivity contribution in [1.29, 1.82) is 0 Å². The lowest BCUT2D eigenvalue weighted by atomic mass is 10.2. The normalized spacial score (nSPS) is 10.7. The van der Waals surface area contributed by atoms with Crippen molar-refractivity contribution < 1.29 is 4.43 Å². The van der Waals surface area contributed by atoms with Gasteiger partial charge in [0.2, 0.25) is 6.20 Å². The quantitative estimate of drug-likeness (QED) is 0.549. The van der Waals surface area contributed by atoms with E-state index in [2.05, 4.69) is 9.97 Å². The SMILES string of the molecule is O=c1ncc2cc3nccccc[n+](=O)c3cc12. The van der Waals surface area contributed by atoms with E-state index < -0.39 is 0 Å². The third-order valence-corrected chi connectivity index (χ3v) is 2.68. The van der Waals surface area contributed by atoms with Gasteiger partial charge in [-0.1, -0.05) is 6.07 Å². The van der Waals surface area contributed by atoms with Crippen LogP contribution in [0.2, 0.25) is 0 Å². The Bertz CT molecular complexity index is 878. The van der Waals surface area contributed by atoms with Gasteiger partial charge in [0.25, 0.3) is 11.1 Å². The zero-order chi connectivity index (χ0) is 12.5. The summed E-state index contributed by atoms with van der Waals surface area (Å²) >= 11 is 0. The second-order valence-corrected chi connectivity index (χ2v) is 3.82. The van der Waals surface area contributed by atoms with E-state index in [4.69, 9.17) is 0 Å². The van der Waals surface area contributed by atoms with Crippen molar-refractivity contribution in [3.8, 4) is 0 Å². The van der Waals surface area contributed by atoms with Crippen molar-refractivity contribution in [3.05, 3.63) is 64.2 Å². The molecule has 1 aromatic carbocycles. The van der Waals surface area contributed by atoms with Gasteiger partial charge in [0, 0.05) is 34.8 Å². The minimum absolute atomic E-state index is 0.327. The molecule has 0 radical (unpaired) electrons. The van der Waals surface area contributed by atoms with Gasteiger partial charge in [-0.25, -0.2) is 9.97 Å². The van der Waals surface area contributed by atoms with Crippen LogP contribution in [0.3, 0.4) is 0 Å². The largest absolute Gasteiger partial charge is 0.289 e. The van der Waals surface area contributed by atoms with E-state index in [-0.39, 0.29) is 5.56 Å². The molecule has 0 bridgehead atoms. The number of hydrogen-bond donors (Lipinski definition) is 0. The molecule has 5 heteroatoms. The Labute approximate surface area is 101 Å². The van der Waals surface area contributed by atoms with Crippen molar-refractivity contribution in [2.75, 3.05) is 0 Å². The lowest BCUT2D eigenvalue weighted by molar-refractivity contribution is -0.463. The summed E-state index contributed by atoms with van der Waals surface area (Å²) in [4.78, 5) is 31.3. The first kappa shape index (κ1) is 10.5. The summed E-state index contributed by atoms with van der Waals surface area (Å²) in [6.45, 7) is 0. The molecule has 0 spiro atoms. The summed E-state index contributed by atoms with van der Waals surface area (Å²) in [6, 6.07) is 8.26. The Kier molecular flexibility index (Phi) is 2.30. The van der Waals surface area contributed by atoms with E-state index in [9.17, 15) is 9.70 Å². The van der Waals surface area contributed by atoms with Crippen molar-refractivity contribution >= 4 is 21.8 Å². The van der Waals surface area contributed by atoms with Crippen LogP contribution in [-0.2, 0) is 0 Å². The second kappa shape index (κ2) is 3.96. The molecular formula is C13H8N3O2+. The Morgan fingerprint density at radius 2 is 1.94 bits per heavy atom. The minimum Gasteiger partial charge on any atom is -0.267 e. The van der Waals surface area contributed by atoms with Crippen molar-refractivity contribution in [2.24, 2.45) is 0 Å². The van der Waals surface area contributed by atoms with Crippen LogP contribution in [0.5, 0.6) is 0 Å². The summed E-state index contributed by atoms with van der Waals surface area (Å²) in [7, 11) is 0. The number of benzene rings is 1. The summed E-state index contributed by atoms with van der Waals surface area (Å²) in [6.07, 6.45) is 4.46.